The van der Waals surface area contributed by atoms with E-state index in [9.17, 15) is 0 Å². The Morgan fingerprint density at radius 1 is 1.18 bits per heavy atom. The summed E-state index contributed by atoms with van der Waals surface area (Å²) in [6, 6.07) is 0.407. The Kier molecular flexibility index (Phi) is 3.40. The molecule has 4 rings (SSSR count). The summed E-state index contributed by atoms with van der Waals surface area (Å²) in [5.41, 5.74) is 2.51. The van der Waals surface area contributed by atoms with Crippen molar-refractivity contribution in [3.8, 4) is 11.4 Å². The summed E-state index contributed by atoms with van der Waals surface area (Å²) in [5, 5.41) is 6.84. The van der Waals surface area contributed by atoms with Crippen LogP contribution in [0, 0.1) is 0 Å². The van der Waals surface area contributed by atoms with E-state index in [0.717, 1.165) is 42.4 Å². The molecule has 1 atom stereocenters. The molecular weight excluding hydrogens is 278 g/mol. The number of fused-ring (bicyclic) bond motifs is 1. The van der Waals surface area contributed by atoms with Crippen molar-refractivity contribution in [1.82, 2.24) is 29.7 Å². The number of nitrogens with one attached hydrogen (secondary N) is 2. The van der Waals surface area contributed by atoms with Gasteiger partial charge < -0.3 is 10.6 Å². The molecule has 1 aliphatic rings. The van der Waals surface area contributed by atoms with Crippen LogP contribution in [0.5, 0.6) is 0 Å². The molecule has 0 saturated carbocycles. The van der Waals surface area contributed by atoms with E-state index in [4.69, 9.17) is 0 Å². The van der Waals surface area contributed by atoms with Crippen molar-refractivity contribution in [1.29, 1.82) is 0 Å². The minimum absolute atomic E-state index is 0.407. The standard InChI is InChI=1S/C15H17N7/c1-2-11(6-16-3-1)20-14-9-18-7-12(21-14)13-8-19-15-10-17-4-5-22(13)15/h4-5,7-11,16H,1-3,6H2,(H,20,21). The smallest absolute Gasteiger partial charge is 0.155 e. The minimum atomic E-state index is 0.407. The summed E-state index contributed by atoms with van der Waals surface area (Å²) >= 11 is 0. The van der Waals surface area contributed by atoms with Crippen LogP contribution in [0.2, 0.25) is 0 Å². The lowest BCUT2D eigenvalue weighted by molar-refractivity contribution is 0.479. The van der Waals surface area contributed by atoms with Crippen LogP contribution < -0.4 is 10.6 Å². The van der Waals surface area contributed by atoms with Crippen molar-refractivity contribution >= 4 is 11.5 Å². The van der Waals surface area contributed by atoms with Gasteiger partial charge in [-0.1, -0.05) is 0 Å². The molecule has 112 valence electrons. The summed E-state index contributed by atoms with van der Waals surface area (Å²) in [7, 11) is 0. The number of aromatic nitrogens is 5. The average molecular weight is 295 g/mol. The quantitative estimate of drug-likeness (QED) is 0.759. The molecule has 0 radical (unpaired) electrons. The van der Waals surface area contributed by atoms with Crippen molar-refractivity contribution in [2.45, 2.75) is 18.9 Å². The number of hydrogen-bond acceptors (Lipinski definition) is 6. The van der Waals surface area contributed by atoms with Crippen LogP contribution in [0.25, 0.3) is 17.0 Å². The molecule has 1 fully saturated rings. The first-order valence-corrected chi connectivity index (χ1v) is 7.47. The van der Waals surface area contributed by atoms with Gasteiger partial charge in [-0.2, -0.15) is 0 Å². The van der Waals surface area contributed by atoms with Crippen molar-refractivity contribution < 1.29 is 0 Å². The number of anilines is 1. The number of nitrogens with zero attached hydrogens (tertiary/aromatic N) is 5. The lowest BCUT2D eigenvalue weighted by Crippen LogP contribution is -2.38. The Balaban J connectivity index is 1.63. The van der Waals surface area contributed by atoms with Crippen molar-refractivity contribution in [3.63, 3.8) is 0 Å². The lowest BCUT2D eigenvalue weighted by atomic mass is 10.1. The van der Waals surface area contributed by atoms with Crippen LogP contribution in [0.15, 0.2) is 37.2 Å². The molecular formula is C15H17N7. The molecule has 1 aliphatic heterocycles. The molecule has 1 saturated heterocycles. The molecule has 0 amide bonds. The third-order valence-corrected chi connectivity index (χ3v) is 3.86. The maximum atomic E-state index is 4.68. The van der Waals surface area contributed by atoms with Gasteiger partial charge in [0.25, 0.3) is 0 Å². The second kappa shape index (κ2) is 5.69. The topological polar surface area (TPSA) is 80.0 Å². The van der Waals surface area contributed by atoms with Gasteiger partial charge in [-0.25, -0.2) is 9.97 Å². The summed E-state index contributed by atoms with van der Waals surface area (Å²) < 4.78 is 1.96. The van der Waals surface area contributed by atoms with Gasteiger partial charge in [-0.15, -0.1) is 0 Å². The van der Waals surface area contributed by atoms with Crippen molar-refractivity contribution in [3.05, 3.63) is 37.2 Å². The van der Waals surface area contributed by atoms with E-state index in [-0.39, 0.29) is 0 Å². The van der Waals surface area contributed by atoms with E-state index in [1.807, 2.05) is 10.6 Å². The van der Waals surface area contributed by atoms with Crippen LogP contribution in [0.1, 0.15) is 12.8 Å². The number of imidazole rings is 1. The molecule has 1 unspecified atom stereocenters. The van der Waals surface area contributed by atoms with E-state index in [1.165, 1.54) is 6.42 Å². The van der Waals surface area contributed by atoms with Gasteiger partial charge in [0.1, 0.15) is 11.5 Å². The van der Waals surface area contributed by atoms with Gasteiger partial charge >= 0.3 is 0 Å². The van der Waals surface area contributed by atoms with E-state index < -0.39 is 0 Å². The normalized spacial score (nSPS) is 18.5. The Morgan fingerprint density at radius 2 is 2.18 bits per heavy atom. The Labute approximate surface area is 127 Å². The van der Waals surface area contributed by atoms with Gasteiger partial charge in [0, 0.05) is 25.0 Å². The van der Waals surface area contributed by atoms with Crippen LogP contribution in [-0.2, 0) is 0 Å². The highest BCUT2D eigenvalue weighted by atomic mass is 15.1. The van der Waals surface area contributed by atoms with Crippen LogP contribution >= 0.6 is 0 Å². The molecule has 2 N–H and O–H groups in total. The predicted molar refractivity (Wildman–Crippen MR) is 83.5 cm³/mol. The Morgan fingerprint density at radius 3 is 3.09 bits per heavy atom. The molecule has 4 heterocycles. The van der Waals surface area contributed by atoms with Crippen LogP contribution in [0.3, 0.4) is 0 Å². The summed E-state index contributed by atoms with van der Waals surface area (Å²) in [6.45, 7) is 2.06. The average Bonchev–Trinajstić information content (AvgIpc) is 3.00. The molecule has 0 aliphatic carbocycles. The van der Waals surface area contributed by atoms with E-state index in [1.54, 1.807) is 31.0 Å². The second-order valence-electron chi connectivity index (χ2n) is 5.43. The fraction of sp³-hybridized carbons (Fsp3) is 0.333. The molecule has 7 nitrogen and oxygen atoms in total. The zero-order valence-electron chi connectivity index (χ0n) is 12.1. The monoisotopic (exact) mass is 295 g/mol. The number of piperidine rings is 1. The molecule has 7 heteroatoms. The maximum Gasteiger partial charge on any atom is 0.155 e. The fourth-order valence-electron chi connectivity index (χ4n) is 2.77. The molecule has 3 aromatic rings. The van der Waals surface area contributed by atoms with Gasteiger partial charge in [0.05, 0.1) is 30.5 Å². The Hall–Kier alpha value is -2.54. The number of rotatable bonds is 3. The minimum Gasteiger partial charge on any atom is -0.365 e. The highest BCUT2D eigenvalue weighted by Gasteiger charge is 2.14. The van der Waals surface area contributed by atoms with Gasteiger partial charge in [0.2, 0.25) is 0 Å². The SMILES string of the molecule is c1cn2c(-c3cncc(NC4CCCNC4)n3)cnc2cn1. The zero-order chi connectivity index (χ0) is 14.8. The Bertz CT molecular complexity index is 776. The van der Waals surface area contributed by atoms with Crippen molar-refractivity contribution in [2.24, 2.45) is 0 Å². The van der Waals surface area contributed by atoms with E-state index in [2.05, 4.69) is 30.6 Å². The summed E-state index contributed by atoms with van der Waals surface area (Å²) in [4.78, 5) is 17.4. The molecule has 0 bridgehead atoms. The highest BCUT2D eigenvalue weighted by molar-refractivity contribution is 5.60. The van der Waals surface area contributed by atoms with Gasteiger partial charge in [-0.05, 0) is 19.4 Å². The van der Waals surface area contributed by atoms with Gasteiger partial charge in [-0.3, -0.25) is 14.4 Å². The molecule has 3 aromatic heterocycles. The third kappa shape index (κ3) is 2.50. The van der Waals surface area contributed by atoms with Crippen molar-refractivity contribution in [2.75, 3.05) is 18.4 Å². The predicted octanol–water partition coefficient (Wildman–Crippen LogP) is 1.35. The van der Waals surface area contributed by atoms with Crippen LogP contribution in [-0.4, -0.2) is 43.5 Å². The summed E-state index contributed by atoms with van der Waals surface area (Å²) in [5.74, 6) is 0.801. The number of hydrogen-bond donors (Lipinski definition) is 2. The third-order valence-electron chi connectivity index (χ3n) is 3.86. The fourth-order valence-corrected chi connectivity index (χ4v) is 2.77. The first-order valence-electron chi connectivity index (χ1n) is 7.47. The second-order valence-corrected chi connectivity index (χ2v) is 5.43. The zero-order valence-corrected chi connectivity index (χ0v) is 12.1. The first-order chi connectivity index (χ1) is 10.9. The maximum absolute atomic E-state index is 4.68. The van der Waals surface area contributed by atoms with E-state index in [0.29, 0.717) is 6.04 Å². The summed E-state index contributed by atoms with van der Waals surface area (Å²) in [6.07, 6.45) is 13.0. The van der Waals surface area contributed by atoms with E-state index >= 15 is 0 Å². The molecule has 0 aromatic carbocycles. The van der Waals surface area contributed by atoms with Crippen LogP contribution in [0.4, 0.5) is 5.82 Å². The largest absolute Gasteiger partial charge is 0.365 e. The van der Waals surface area contributed by atoms with Gasteiger partial charge in [0.15, 0.2) is 5.65 Å². The molecule has 0 spiro atoms. The molecule has 22 heavy (non-hydrogen) atoms. The lowest BCUT2D eigenvalue weighted by Gasteiger charge is -2.24. The first kappa shape index (κ1) is 13.1. The highest BCUT2D eigenvalue weighted by Crippen LogP contribution is 2.19.